The number of para-hydroxylation sites is 1. The first-order chi connectivity index (χ1) is 13.5. The van der Waals surface area contributed by atoms with Gasteiger partial charge in [-0.05, 0) is 79.4 Å². The lowest BCUT2D eigenvalue weighted by molar-refractivity contribution is -0.115. The average Bonchev–Trinajstić information content (AvgIpc) is 3.30. The minimum atomic E-state index is -0.239. The highest BCUT2D eigenvalue weighted by atomic mass is 32.2. The van der Waals surface area contributed by atoms with E-state index >= 15 is 0 Å². The molecule has 2 heterocycles. The predicted molar refractivity (Wildman–Crippen MR) is 115 cm³/mol. The standard InChI is InChI=1S/C22H22FN3OS/c1-14-7-3-4-8-18(14)24-22-25-21(27)20(28-22)13-16-12-17(23)19(11-15(16)2)26-9-5-6-10-26/h3-4,7-8,11-13H,5-6,9-10H2,1-2H3,(H,24,25,27). The van der Waals surface area contributed by atoms with Crippen molar-refractivity contribution in [2.75, 3.05) is 18.0 Å². The van der Waals surface area contributed by atoms with Crippen LogP contribution in [0.1, 0.15) is 29.5 Å². The van der Waals surface area contributed by atoms with Crippen LogP contribution in [-0.2, 0) is 4.79 Å². The second-order valence-electron chi connectivity index (χ2n) is 7.12. The van der Waals surface area contributed by atoms with Gasteiger partial charge in [-0.3, -0.25) is 4.79 Å². The Morgan fingerprint density at radius 3 is 2.64 bits per heavy atom. The molecule has 2 saturated heterocycles. The van der Waals surface area contributed by atoms with Gasteiger partial charge in [0.15, 0.2) is 5.17 Å². The van der Waals surface area contributed by atoms with E-state index in [-0.39, 0.29) is 11.7 Å². The van der Waals surface area contributed by atoms with Crippen molar-refractivity contribution in [3.05, 3.63) is 63.8 Å². The van der Waals surface area contributed by atoms with Gasteiger partial charge >= 0.3 is 0 Å². The number of rotatable bonds is 3. The van der Waals surface area contributed by atoms with E-state index in [9.17, 15) is 9.18 Å². The summed E-state index contributed by atoms with van der Waals surface area (Å²) in [7, 11) is 0. The number of aryl methyl sites for hydroxylation is 2. The van der Waals surface area contributed by atoms with Crippen LogP contribution < -0.4 is 10.2 Å². The van der Waals surface area contributed by atoms with Crippen molar-refractivity contribution in [3.8, 4) is 0 Å². The number of hydrogen-bond acceptors (Lipinski definition) is 4. The van der Waals surface area contributed by atoms with Gasteiger partial charge in [0.1, 0.15) is 5.82 Å². The molecule has 1 N–H and O–H groups in total. The zero-order valence-electron chi connectivity index (χ0n) is 16.0. The van der Waals surface area contributed by atoms with Crippen LogP contribution in [0.4, 0.5) is 15.8 Å². The number of thioether (sulfide) groups is 1. The third-order valence-corrected chi connectivity index (χ3v) is 5.97. The van der Waals surface area contributed by atoms with Crippen LogP contribution in [-0.4, -0.2) is 24.2 Å². The third-order valence-electron chi connectivity index (χ3n) is 5.06. The molecule has 0 aromatic heterocycles. The number of hydrogen-bond donors (Lipinski definition) is 1. The highest BCUT2D eigenvalue weighted by Gasteiger charge is 2.25. The molecule has 0 radical (unpaired) electrons. The molecule has 2 aliphatic rings. The van der Waals surface area contributed by atoms with Crippen molar-refractivity contribution in [3.63, 3.8) is 0 Å². The molecule has 2 aromatic rings. The molecular formula is C22H22FN3OS. The number of benzene rings is 2. The maximum absolute atomic E-state index is 14.7. The van der Waals surface area contributed by atoms with Gasteiger partial charge in [0, 0.05) is 13.1 Å². The van der Waals surface area contributed by atoms with Crippen molar-refractivity contribution >= 4 is 40.3 Å². The Balaban J connectivity index is 1.60. The average molecular weight is 396 g/mol. The van der Waals surface area contributed by atoms with Gasteiger partial charge in [0.05, 0.1) is 16.3 Å². The second kappa shape index (κ2) is 7.80. The van der Waals surface area contributed by atoms with Crippen LogP contribution in [0.25, 0.3) is 6.08 Å². The van der Waals surface area contributed by atoms with Crippen molar-refractivity contribution in [2.24, 2.45) is 4.99 Å². The zero-order valence-corrected chi connectivity index (χ0v) is 16.8. The topological polar surface area (TPSA) is 44.7 Å². The quantitative estimate of drug-likeness (QED) is 0.749. The number of nitrogens with zero attached hydrogens (tertiary/aromatic N) is 2. The first kappa shape index (κ1) is 18.7. The van der Waals surface area contributed by atoms with Crippen molar-refractivity contribution in [1.82, 2.24) is 5.32 Å². The van der Waals surface area contributed by atoms with Crippen LogP contribution in [0.5, 0.6) is 0 Å². The molecule has 0 unspecified atom stereocenters. The number of aliphatic imine (C=N–C) groups is 1. The number of carbonyl (C=O) groups is 1. The molecule has 144 valence electrons. The largest absolute Gasteiger partial charge is 0.369 e. The number of nitrogens with one attached hydrogen (secondary N) is 1. The molecule has 4 rings (SSSR count). The highest BCUT2D eigenvalue weighted by molar-refractivity contribution is 8.18. The lowest BCUT2D eigenvalue weighted by Gasteiger charge is -2.19. The summed E-state index contributed by atoms with van der Waals surface area (Å²) in [5.41, 5.74) is 4.19. The van der Waals surface area contributed by atoms with Crippen molar-refractivity contribution in [1.29, 1.82) is 0 Å². The van der Waals surface area contributed by atoms with Gasteiger partial charge in [-0.2, -0.15) is 0 Å². The summed E-state index contributed by atoms with van der Waals surface area (Å²) in [5, 5.41) is 3.33. The van der Waals surface area contributed by atoms with E-state index in [4.69, 9.17) is 0 Å². The van der Waals surface area contributed by atoms with Crippen LogP contribution in [0.15, 0.2) is 46.3 Å². The number of amides is 1. The van der Waals surface area contributed by atoms with Crippen LogP contribution >= 0.6 is 11.8 Å². The summed E-state index contributed by atoms with van der Waals surface area (Å²) in [6.45, 7) is 5.72. The zero-order chi connectivity index (χ0) is 19.7. The van der Waals surface area contributed by atoms with E-state index in [0.717, 1.165) is 48.3 Å². The molecule has 2 aliphatic heterocycles. The molecule has 6 heteroatoms. The molecule has 0 saturated carbocycles. The highest BCUT2D eigenvalue weighted by Crippen LogP contribution is 2.32. The van der Waals surface area contributed by atoms with Gasteiger partial charge in [-0.15, -0.1) is 0 Å². The molecule has 1 amide bonds. The maximum atomic E-state index is 14.7. The smallest absolute Gasteiger partial charge is 0.264 e. The fourth-order valence-corrected chi connectivity index (χ4v) is 4.28. The molecule has 4 nitrogen and oxygen atoms in total. The second-order valence-corrected chi connectivity index (χ2v) is 8.15. The molecule has 28 heavy (non-hydrogen) atoms. The molecular weight excluding hydrogens is 373 g/mol. The Hall–Kier alpha value is -2.60. The summed E-state index contributed by atoms with van der Waals surface area (Å²) < 4.78 is 14.7. The van der Waals surface area contributed by atoms with E-state index in [1.807, 2.05) is 44.2 Å². The monoisotopic (exact) mass is 395 g/mol. The summed E-state index contributed by atoms with van der Waals surface area (Å²) in [6, 6.07) is 11.2. The summed E-state index contributed by atoms with van der Waals surface area (Å²) in [4.78, 5) is 19.5. The molecule has 0 aliphatic carbocycles. The maximum Gasteiger partial charge on any atom is 0.264 e. The molecule has 2 fully saturated rings. The van der Waals surface area contributed by atoms with Gasteiger partial charge in [0.2, 0.25) is 0 Å². The minimum absolute atomic E-state index is 0.208. The van der Waals surface area contributed by atoms with E-state index < -0.39 is 0 Å². The van der Waals surface area contributed by atoms with Crippen molar-refractivity contribution < 1.29 is 9.18 Å². The fourth-order valence-electron chi connectivity index (χ4n) is 3.46. The lowest BCUT2D eigenvalue weighted by Crippen LogP contribution is -2.19. The van der Waals surface area contributed by atoms with Crippen molar-refractivity contribution in [2.45, 2.75) is 26.7 Å². The predicted octanol–water partition coefficient (Wildman–Crippen LogP) is 4.93. The third kappa shape index (κ3) is 3.83. The Kier molecular flexibility index (Phi) is 5.22. The molecule has 0 bridgehead atoms. The van der Waals surface area contributed by atoms with Gasteiger partial charge in [-0.25, -0.2) is 9.38 Å². The Morgan fingerprint density at radius 2 is 1.89 bits per heavy atom. The first-order valence-corrected chi connectivity index (χ1v) is 10.2. The lowest BCUT2D eigenvalue weighted by atomic mass is 10.1. The normalized spacial score (nSPS) is 19.7. The Morgan fingerprint density at radius 1 is 1.14 bits per heavy atom. The van der Waals surface area contributed by atoms with Gasteiger partial charge in [0.25, 0.3) is 5.91 Å². The number of amidine groups is 1. The fraction of sp³-hybridized carbons (Fsp3) is 0.273. The minimum Gasteiger partial charge on any atom is -0.369 e. The summed E-state index contributed by atoms with van der Waals surface area (Å²) >= 11 is 1.28. The Labute approximate surface area is 168 Å². The summed E-state index contributed by atoms with van der Waals surface area (Å²) in [6.07, 6.45) is 3.95. The molecule has 0 spiro atoms. The number of carbonyl (C=O) groups excluding carboxylic acids is 1. The van der Waals surface area contributed by atoms with E-state index in [0.29, 0.717) is 15.8 Å². The van der Waals surface area contributed by atoms with Crippen LogP contribution in [0.3, 0.4) is 0 Å². The van der Waals surface area contributed by atoms with Gasteiger partial charge < -0.3 is 10.2 Å². The summed E-state index contributed by atoms with van der Waals surface area (Å²) in [5.74, 6) is -0.447. The molecule has 2 aromatic carbocycles. The Bertz CT molecular complexity index is 993. The first-order valence-electron chi connectivity index (χ1n) is 9.41. The van der Waals surface area contributed by atoms with E-state index in [1.54, 1.807) is 6.08 Å². The molecule has 0 atom stereocenters. The van der Waals surface area contributed by atoms with E-state index in [2.05, 4.69) is 15.2 Å². The van der Waals surface area contributed by atoms with E-state index in [1.165, 1.54) is 17.8 Å². The number of halogens is 1. The number of anilines is 1. The van der Waals surface area contributed by atoms with Crippen LogP contribution in [0.2, 0.25) is 0 Å². The SMILES string of the molecule is Cc1cc(N2CCCC2)c(F)cc1C=C1SC(=Nc2ccccc2C)NC1=O. The van der Waals surface area contributed by atoms with Gasteiger partial charge in [-0.1, -0.05) is 18.2 Å². The van der Waals surface area contributed by atoms with Crippen LogP contribution in [0, 0.1) is 19.7 Å².